The maximum Gasteiger partial charge on any atom is 0.131 e. The third-order valence-corrected chi connectivity index (χ3v) is 5.91. The van der Waals surface area contributed by atoms with Gasteiger partial charge in [-0.25, -0.2) is 0 Å². The lowest BCUT2D eigenvalue weighted by Gasteiger charge is -2.31. The van der Waals surface area contributed by atoms with Crippen LogP contribution in [0.15, 0.2) is 97.1 Å². The monoisotopic (exact) mass is 455 g/mol. The van der Waals surface area contributed by atoms with E-state index in [9.17, 15) is 0 Å². The number of ether oxygens (including phenoxy) is 1. The molecular formula is C30H30ClNO. The van der Waals surface area contributed by atoms with Crippen molar-refractivity contribution in [3.05, 3.63) is 113 Å². The van der Waals surface area contributed by atoms with Gasteiger partial charge in [0.15, 0.2) is 0 Å². The lowest BCUT2D eigenvalue weighted by molar-refractivity contribution is 0.483. The Labute approximate surface area is 202 Å². The van der Waals surface area contributed by atoms with Crippen LogP contribution in [0.25, 0.3) is 0 Å². The maximum atomic E-state index is 6.63. The Morgan fingerprint density at radius 1 is 0.606 bits per heavy atom. The first kappa shape index (κ1) is 22.9. The predicted octanol–water partition coefficient (Wildman–Crippen LogP) is 9.85. The molecule has 2 nitrogen and oxygen atoms in total. The fraction of sp³-hybridized carbons (Fsp3) is 0.200. The molecule has 0 saturated carbocycles. The maximum absolute atomic E-state index is 6.63. The first-order valence-corrected chi connectivity index (χ1v) is 11.8. The first-order valence-electron chi connectivity index (χ1n) is 11.5. The van der Waals surface area contributed by atoms with Gasteiger partial charge >= 0.3 is 0 Å². The van der Waals surface area contributed by atoms with Crippen LogP contribution in [0.2, 0.25) is 5.02 Å². The Bertz CT molecular complexity index is 1170. The van der Waals surface area contributed by atoms with E-state index in [-0.39, 0.29) is 0 Å². The fourth-order valence-electron chi connectivity index (χ4n) is 4.13. The predicted molar refractivity (Wildman–Crippen MR) is 141 cm³/mol. The number of hydrogen-bond donors (Lipinski definition) is 0. The minimum absolute atomic E-state index is 0.370. The highest BCUT2D eigenvalue weighted by Crippen LogP contribution is 2.44. The summed E-state index contributed by atoms with van der Waals surface area (Å²) in [5.74, 6) is 2.23. The molecule has 0 aliphatic heterocycles. The van der Waals surface area contributed by atoms with Crippen LogP contribution >= 0.6 is 11.6 Å². The lowest BCUT2D eigenvalue weighted by atomic mass is 9.96. The van der Waals surface area contributed by atoms with E-state index in [1.54, 1.807) is 0 Å². The van der Waals surface area contributed by atoms with Gasteiger partial charge in [0, 0.05) is 22.5 Å². The van der Waals surface area contributed by atoms with Crippen LogP contribution in [-0.4, -0.2) is 0 Å². The van der Waals surface area contributed by atoms with E-state index in [0.29, 0.717) is 22.6 Å². The van der Waals surface area contributed by atoms with Gasteiger partial charge < -0.3 is 9.64 Å². The molecule has 0 bridgehead atoms. The van der Waals surface area contributed by atoms with Crippen LogP contribution < -0.4 is 9.64 Å². The van der Waals surface area contributed by atoms with Crippen LogP contribution in [0.3, 0.4) is 0 Å². The normalized spacial score (nSPS) is 11.1. The molecule has 4 aromatic carbocycles. The lowest BCUT2D eigenvalue weighted by Crippen LogP contribution is -2.15. The molecule has 0 aromatic heterocycles. The van der Waals surface area contributed by atoms with Gasteiger partial charge in [-0.1, -0.05) is 93.9 Å². The molecule has 33 heavy (non-hydrogen) atoms. The molecule has 0 aliphatic carbocycles. The van der Waals surface area contributed by atoms with E-state index >= 15 is 0 Å². The quantitative estimate of drug-likeness (QED) is 0.275. The molecule has 0 atom stereocenters. The Morgan fingerprint density at radius 2 is 1.12 bits per heavy atom. The summed E-state index contributed by atoms with van der Waals surface area (Å²) in [7, 11) is 0. The Morgan fingerprint density at radius 3 is 1.67 bits per heavy atom. The summed E-state index contributed by atoms with van der Waals surface area (Å²) < 4.78 is 6.17. The number of anilines is 3. The molecule has 0 saturated heterocycles. The zero-order valence-electron chi connectivity index (χ0n) is 19.6. The minimum atomic E-state index is 0.370. The standard InChI is InChI=1S/C30H30ClNO/c1-21(2)27-14-8-10-16-29(27)32(30-17-11-9-15-28(30)22(3)4)24-18-23(31)19-26(20-24)33-25-12-6-5-7-13-25/h5-22H,1-4H3. The number of para-hydroxylation sites is 3. The van der Waals surface area contributed by atoms with Crippen molar-refractivity contribution < 1.29 is 4.74 Å². The van der Waals surface area contributed by atoms with Crippen molar-refractivity contribution in [1.82, 2.24) is 0 Å². The molecule has 0 N–H and O–H groups in total. The summed E-state index contributed by atoms with van der Waals surface area (Å²) in [5, 5.41) is 0.632. The van der Waals surface area contributed by atoms with Crippen LogP contribution in [0.1, 0.15) is 50.7 Å². The van der Waals surface area contributed by atoms with Crippen LogP contribution in [0.5, 0.6) is 11.5 Å². The molecule has 4 rings (SSSR count). The second-order valence-corrected chi connectivity index (χ2v) is 9.26. The van der Waals surface area contributed by atoms with Gasteiger partial charge in [-0.3, -0.25) is 0 Å². The molecule has 168 valence electrons. The van der Waals surface area contributed by atoms with E-state index in [0.717, 1.165) is 22.8 Å². The topological polar surface area (TPSA) is 12.5 Å². The van der Waals surface area contributed by atoms with Crippen molar-refractivity contribution in [3.63, 3.8) is 0 Å². The number of hydrogen-bond acceptors (Lipinski definition) is 2. The highest BCUT2D eigenvalue weighted by molar-refractivity contribution is 6.31. The average Bonchev–Trinajstić information content (AvgIpc) is 2.80. The highest BCUT2D eigenvalue weighted by Gasteiger charge is 2.21. The van der Waals surface area contributed by atoms with Crippen molar-refractivity contribution in [2.75, 3.05) is 4.90 Å². The van der Waals surface area contributed by atoms with E-state index in [4.69, 9.17) is 16.3 Å². The number of halogens is 1. The molecule has 0 unspecified atom stereocenters. The summed E-state index contributed by atoms with van der Waals surface area (Å²) in [6.07, 6.45) is 0. The van der Waals surface area contributed by atoms with Crippen LogP contribution in [-0.2, 0) is 0 Å². The second kappa shape index (κ2) is 10.1. The first-order chi connectivity index (χ1) is 15.9. The van der Waals surface area contributed by atoms with Crippen LogP contribution in [0.4, 0.5) is 17.1 Å². The fourth-order valence-corrected chi connectivity index (χ4v) is 4.35. The molecule has 0 heterocycles. The molecule has 0 fully saturated rings. The molecule has 4 aromatic rings. The summed E-state index contributed by atoms with van der Waals surface area (Å²) in [5.41, 5.74) is 5.82. The zero-order valence-corrected chi connectivity index (χ0v) is 20.4. The van der Waals surface area contributed by atoms with E-state index < -0.39 is 0 Å². The van der Waals surface area contributed by atoms with Crippen LogP contribution in [0, 0.1) is 0 Å². The Balaban J connectivity index is 1.92. The van der Waals surface area contributed by atoms with Gasteiger partial charge in [0.2, 0.25) is 0 Å². The SMILES string of the molecule is CC(C)c1ccccc1N(c1cc(Cl)cc(Oc2ccccc2)c1)c1ccccc1C(C)C. The van der Waals surface area contributed by atoms with Crippen molar-refractivity contribution in [1.29, 1.82) is 0 Å². The molecular weight excluding hydrogens is 426 g/mol. The number of nitrogens with zero attached hydrogens (tertiary/aromatic N) is 1. The molecule has 0 radical (unpaired) electrons. The van der Waals surface area contributed by atoms with Crippen molar-refractivity contribution in [2.24, 2.45) is 0 Å². The summed E-state index contributed by atoms with van der Waals surface area (Å²) in [6, 6.07) is 32.9. The largest absolute Gasteiger partial charge is 0.457 e. The highest BCUT2D eigenvalue weighted by atomic mass is 35.5. The smallest absolute Gasteiger partial charge is 0.131 e. The third kappa shape index (κ3) is 5.23. The van der Waals surface area contributed by atoms with Crippen molar-refractivity contribution in [3.8, 4) is 11.5 Å². The molecule has 0 spiro atoms. The Kier molecular flexibility index (Phi) is 7.05. The molecule has 3 heteroatoms. The summed E-state index contributed by atoms with van der Waals surface area (Å²) in [4.78, 5) is 2.31. The number of rotatable bonds is 7. The van der Waals surface area contributed by atoms with Gasteiger partial charge in [0.1, 0.15) is 11.5 Å². The second-order valence-electron chi connectivity index (χ2n) is 8.82. The number of benzene rings is 4. The minimum Gasteiger partial charge on any atom is -0.457 e. The van der Waals surface area contributed by atoms with Gasteiger partial charge in [-0.05, 0) is 59.4 Å². The van der Waals surface area contributed by atoms with Crippen molar-refractivity contribution in [2.45, 2.75) is 39.5 Å². The summed E-state index contributed by atoms with van der Waals surface area (Å²) >= 11 is 6.63. The van der Waals surface area contributed by atoms with Gasteiger partial charge in [0.25, 0.3) is 0 Å². The van der Waals surface area contributed by atoms with E-state index in [2.05, 4.69) is 87.2 Å². The third-order valence-electron chi connectivity index (χ3n) is 5.69. The molecule has 0 aliphatic rings. The van der Waals surface area contributed by atoms with Gasteiger partial charge in [-0.2, -0.15) is 0 Å². The Hall–Kier alpha value is -3.23. The van der Waals surface area contributed by atoms with Gasteiger partial charge in [0.05, 0.1) is 5.69 Å². The molecule has 0 amide bonds. The van der Waals surface area contributed by atoms with Gasteiger partial charge in [-0.15, -0.1) is 0 Å². The average molecular weight is 456 g/mol. The summed E-state index contributed by atoms with van der Waals surface area (Å²) in [6.45, 7) is 8.92. The zero-order chi connectivity index (χ0) is 23.4. The van der Waals surface area contributed by atoms with E-state index in [1.807, 2.05) is 42.5 Å². The van der Waals surface area contributed by atoms with E-state index in [1.165, 1.54) is 11.1 Å². The van der Waals surface area contributed by atoms with Crippen molar-refractivity contribution >= 4 is 28.7 Å².